The van der Waals surface area contributed by atoms with Crippen LogP contribution in [-0.4, -0.2) is 35.4 Å². The summed E-state index contributed by atoms with van der Waals surface area (Å²) in [7, 11) is 0. The molecule has 2 aliphatic rings. The number of pyridine rings is 1. The summed E-state index contributed by atoms with van der Waals surface area (Å²) >= 11 is 0. The molecule has 128 valence electrons. The van der Waals surface area contributed by atoms with E-state index in [0.29, 0.717) is 24.2 Å². The number of piperidine rings is 1. The standard InChI is InChI=1S/C18H27N3O.ClH/c1-14(15-4-8-19-9-5-15)13-18(22)21-12-2-3-17(21)16-6-10-20-11-7-16;/h6-7,10-11,14-15,17,19H,2-5,8-9,12-13H2,1H3;1H. The van der Waals surface area contributed by atoms with Crippen molar-refractivity contribution in [3.8, 4) is 0 Å². The Morgan fingerprint density at radius 1 is 1.30 bits per heavy atom. The fourth-order valence-electron chi connectivity index (χ4n) is 3.97. The van der Waals surface area contributed by atoms with Gasteiger partial charge in [0, 0.05) is 25.4 Å². The lowest BCUT2D eigenvalue weighted by atomic mass is 9.84. The van der Waals surface area contributed by atoms with Crippen LogP contribution in [-0.2, 0) is 4.79 Å². The van der Waals surface area contributed by atoms with Crippen molar-refractivity contribution >= 4 is 18.3 Å². The molecule has 1 aromatic rings. The van der Waals surface area contributed by atoms with Crippen molar-refractivity contribution in [3.63, 3.8) is 0 Å². The summed E-state index contributed by atoms with van der Waals surface area (Å²) in [4.78, 5) is 19.0. The van der Waals surface area contributed by atoms with Crippen molar-refractivity contribution < 1.29 is 4.79 Å². The maximum atomic E-state index is 12.8. The van der Waals surface area contributed by atoms with Gasteiger partial charge in [0.1, 0.15) is 0 Å². The Morgan fingerprint density at radius 2 is 2.00 bits per heavy atom. The normalized spacial score (nSPS) is 23.3. The van der Waals surface area contributed by atoms with Crippen LogP contribution in [0.2, 0.25) is 0 Å². The van der Waals surface area contributed by atoms with Gasteiger partial charge in [-0.3, -0.25) is 9.78 Å². The Bertz CT molecular complexity index is 490. The number of aromatic nitrogens is 1. The first-order valence-electron chi connectivity index (χ1n) is 8.66. The van der Waals surface area contributed by atoms with Gasteiger partial charge in [0.05, 0.1) is 6.04 Å². The molecule has 0 aliphatic carbocycles. The third-order valence-corrected chi connectivity index (χ3v) is 5.35. The number of nitrogens with zero attached hydrogens (tertiary/aromatic N) is 2. The smallest absolute Gasteiger partial charge is 0.223 e. The predicted octanol–water partition coefficient (Wildman–Crippen LogP) is 3.19. The fourth-order valence-corrected chi connectivity index (χ4v) is 3.97. The quantitative estimate of drug-likeness (QED) is 0.917. The highest BCUT2D eigenvalue weighted by Crippen LogP contribution is 2.33. The zero-order valence-electron chi connectivity index (χ0n) is 13.9. The number of carbonyl (C=O) groups excluding carboxylic acids is 1. The molecule has 2 unspecified atom stereocenters. The lowest BCUT2D eigenvalue weighted by Gasteiger charge is -2.31. The van der Waals surface area contributed by atoms with E-state index in [1.807, 2.05) is 24.5 Å². The van der Waals surface area contributed by atoms with Gasteiger partial charge in [0.15, 0.2) is 0 Å². The molecule has 5 heteroatoms. The van der Waals surface area contributed by atoms with Crippen molar-refractivity contribution in [2.75, 3.05) is 19.6 Å². The van der Waals surface area contributed by atoms with Crippen molar-refractivity contribution in [1.29, 1.82) is 0 Å². The Balaban J connectivity index is 0.00000192. The molecule has 23 heavy (non-hydrogen) atoms. The van der Waals surface area contributed by atoms with Crippen molar-refractivity contribution in [3.05, 3.63) is 30.1 Å². The van der Waals surface area contributed by atoms with Gasteiger partial charge in [-0.2, -0.15) is 0 Å². The van der Waals surface area contributed by atoms with Crippen LogP contribution < -0.4 is 5.32 Å². The van der Waals surface area contributed by atoms with Gasteiger partial charge in [0.25, 0.3) is 0 Å². The molecule has 3 heterocycles. The van der Waals surface area contributed by atoms with E-state index in [1.54, 1.807) is 0 Å². The number of rotatable bonds is 4. The van der Waals surface area contributed by atoms with Gasteiger partial charge in [-0.1, -0.05) is 6.92 Å². The minimum atomic E-state index is 0. The molecule has 0 aromatic carbocycles. The summed E-state index contributed by atoms with van der Waals surface area (Å²) in [5.41, 5.74) is 1.23. The molecule has 0 saturated carbocycles. The van der Waals surface area contributed by atoms with Crippen molar-refractivity contribution in [1.82, 2.24) is 15.2 Å². The van der Waals surface area contributed by atoms with Gasteiger partial charge in [0.2, 0.25) is 5.91 Å². The molecule has 1 amide bonds. The molecule has 2 saturated heterocycles. The van der Waals surface area contributed by atoms with E-state index >= 15 is 0 Å². The maximum absolute atomic E-state index is 12.8. The molecule has 3 rings (SSSR count). The first-order chi connectivity index (χ1) is 10.8. The van der Waals surface area contributed by atoms with Crippen molar-refractivity contribution in [2.45, 2.75) is 45.1 Å². The monoisotopic (exact) mass is 337 g/mol. The molecule has 0 spiro atoms. The zero-order chi connectivity index (χ0) is 15.4. The summed E-state index contributed by atoms with van der Waals surface area (Å²) < 4.78 is 0. The molecular weight excluding hydrogens is 310 g/mol. The Morgan fingerprint density at radius 3 is 2.70 bits per heavy atom. The van der Waals surface area contributed by atoms with Crippen LogP contribution in [0.1, 0.15) is 50.6 Å². The number of likely N-dealkylation sites (tertiary alicyclic amines) is 1. The molecule has 2 fully saturated rings. The summed E-state index contributed by atoms with van der Waals surface area (Å²) in [5.74, 6) is 1.53. The Kier molecular flexibility index (Phi) is 6.85. The van der Waals surface area contributed by atoms with Gasteiger partial charge >= 0.3 is 0 Å². The molecule has 1 aromatic heterocycles. The van der Waals surface area contributed by atoms with E-state index in [9.17, 15) is 4.79 Å². The number of amides is 1. The summed E-state index contributed by atoms with van der Waals surface area (Å²) in [6, 6.07) is 4.36. The Hall–Kier alpha value is -1.13. The molecule has 4 nitrogen and oxygen atoms in total. The van der Waals surface area contributed by atoms with Gasteiger partial charge in [-0.05, 0) is 68.3 Å². The highest BCUT2D eigenvalue weighted by atomic mass is 35.5. The van der Waals surface area contributed by atoms with E-state index in [4.69, 9.17) is 0 Å². The highest BCUT2D eigenvalue weighted by molar-refractivity contribution is 5.85. The molecule has 1 N–H and O–H groups in total. The Labute approximate surface area is 145 Å². The van der Waals surface area contributed by atoms with E-state index in [1.165, 1.54) is 18.4 Å². The second-order valence-electron chi connectivity index (χ2n) is 6.79. The van der Waals surface area contributed by atoms with Crippen LogP contribution in [0.4, 0.5) is 0 Å². The lowest BCUT2D eigenvalue weighted by Crippen LogP contribution is -2.35. The van der Waals surface area contributed by atoms with Crippen LogP contribution in [0.15, 0.2) is 24.5 Å². The van der Waals surface area contributed by atoms with Gasteiger partial charge in [-0.25, -0.2) is 0 Å². The number of hydrogen-bond acceptors (Lipinski definition) is 3. The van der Waals surface area contributed by atoms with Crippen LogP contribution in [0.3, 0.4) is 0 Å². The number of carbonyl (C=O) groups is 1. The van der Waals surface area contributed by atoms with Crippen LogP contribution in [0.5, 0.6) is 0 Å². The molecular formula is C18H28ClN3O. The van der Waals surface area contributed by atoms with Crippen LogP contribution in [0, 0.1) is 11.8 Å². The second kappa shape index (κ2) is 8.65. The third kappa shape index (κ3) is 4.45. The number of halogens is 1. The molecule has 0 radical (unpaired) electrons. The number of nitrogens with one attached hydrogen (secondary N) is 1. The largest absolute Gasteiger partial charge is 0.336 e. The topological polar surface area (TPSA) is 45.2 Å². The predicted molar refractivity (Wildman–Crippen MR) is 94.5 cm³/mol. The first-order valence-corrected chi connectivity index (χ1v) is 8.66. The molecule has 0 bridgehead atoms. The summed E-state index contributed by atoms with van der Waals surface area (Å²) in [5, 5.41) is 3.41. The number of hydrogen-bond donors (Lipinski definition) is 1. The zero-order valence-corrected chi connectivity index (χ0v) is 14.7. The minimum Gasteiger partial charge on any atom is -0.336 e. The van der Waals surface area contributed by atoms with Gasteiger partial charge < -0.3 is 10.2 Å². The minimum absolute atomic E-state index is 0. The van der Waals surface area contributed by atoms with Crippen molar-refractivity contribution in [2.24, 2.45) is 11.8 Å². The van der Waals surface area contributed by atoms with E-state index in [0.717, 1.165) is 32.5 Å². The first kappa shape index (κ1) is 18.2. The fraction of sp³-hybridized carbons (Fsp3) is 0.667. The second-order valence-corrected chi connectivity index (χ2v) is 6.79. The maximum Gasteiger partial charge on any atom is 0.223 e. The van der Waals surface area contributed by atoms with E-state index in [-0.39, 0.29) is 18.4 Å². The molecule has 2 atom stereocenters. The SMILES string of the molecule is CC(CC(=O)N1CCCC1c1ccncc1)C1CCNCC1.Cl. The van der Waals surface area contributed by atoms with E-state index in [2.05, 4.69) is 22.1 Å². The van der Waals surface area contributed by atoms with Crippen LogP contribution in [0.25, 0.3) is 0 Å². The summed E-state index contributed by atoms with van der Waals surface area (Å²) in [6.07, 6.45) is 8.97. The summed E-state index contributed by atoms with van der Waals surface area (Å²) in [6.45, 7) is 5.37. The third-order valence-electron chi connectivity index (χ3n) is 5.35. The lowest BCUT2D eigenvalue weighted by molar-refractivity contribution is -0.133. The van der Waals surface area contributed by atoms with E-state index < -0.39 is 0 Å². The average Bonchev–Trinajstić information content (AvgIpc) is 3.06. The van der Waals surface area contributed by atoms with Crippen LogP contribution >= 0.6 is 12.4 Å². The molecule has 2 aliphatic heterocycles. The highest BCUT2D eigenvalue weighted by Gasteiger charge is 2.31. The van der Waals surface area contributed by atoms with Gasteiger partial charge in [-0.15, -0.1) is 12.4 Å². The average molecular weight is 338 g/mol.